The number of hydrogen-bond acceptors (Lipinski definition) is 5. The molecule has 5 rings (SSSR count). The van der Waals surface area contributed by atoms with Crippen LogP contribution in [0.25, 0.3) is 6.08 Å². The molecule has 1 aliphatic rings. The van der Waals surface area contributed by atoms with Gasteiger partial charge in [-0.2, -0.15) is 0 Å². The Kier molecular flexibility index (Phi) is 9.85. The average molecular weight is 713 g/mol. The van der Waals surface area contributed by atoms with Crippen molar-refractivity contribution in [2.45, 2.75) is 16.6 Å². The quantitative estimate of drug-likeness (QED) is 0.144. The van der Waals surface area contributed by atoms with Crippen molar-refractivity contribution in [1.82, 2.24) is 5.32 Å². The number of thioether (sulfide) groups is 1. The number of imide groups is 1. The molecule has 222 valence electrons. The number of nitrogens with one attached hydrogen (secondary N) is 2. The van der Waals surface area contributed by atoms with Crippen molar-refractivity contribution in [2.24, 2.45) is 0 Å². The van der Waals surface area contributed by atoms with E-state index in [1.165, 1.54) is 48.2 Å². The zero-order chi connectivity index (χ0) is 31.4. The van der Waals surface area contributed by atoms with Gasteiger partial charge >= 0.3 is 0 Å². The molecule has 0 spiro atoms. The third kappa shape index (κ3) is 7.39. The van der Waals surface area contributed by atoms with Crippen molar-refractivity contribution in [1.29, 1.82) is 0 Å². The zero-order valence-corrected chi connectivity index (χ0v) is 26.4. The molecule has 0 aromatic heterocycles. The molecule has 0 bridgehead atoms. The van der Waals surface area contributed by atoms with Crippen LogP contribution in [-0.2, 0) is 14.4 Å². The van der Waals surface area contributed by atoms with Crippen LogP contribution < -0.4 is 15.5 Å². The van der Waals surface area contributed by atoms with Gasteiger partial charge in [0.1, 0.15) is 11.5 Å². The third-order valence-corrected chi connectivity index (χ3v) is 8.88. The van der Waals surface area contributed by atoms with E-state index in [1.807, 2.05) is 0 Å². The molecule has 1 saturated heterocycles. The highest BCUT2D eigenvalue weighted by molar-refractivity contribution is 9.10. The summed E-state index contributed by atoms with van der Waals surface area (Å²) in [4.78, 5) is 53.9. The van der Waals surface area contributed by atoms with Crippen LogP contribution in [0.5, 0.6) is 0 Å². The molecule has 1 fully saturated rings. The molecule has 4 aromatic carbocycles. The predicted molar refractivity (Wildman–Crippen MR) is 174 cm³/mol. The fourth-order valence-corrected chi connectivity index (χ4v) is 5.99. The highest BCUT2D eigenvalue weighted by atomic mass is 79.9. The molecule has 0 saturated carbocycles. The second kappa shape index (κ2) is 13.8. The van der Waals surface area contributed by atoms with E-state index in [0.29, 0.717) is 26.9 Å². The number of benzene rings is 4. The summed E-state index contributed by atoms with van der Waals surface area (Å²) in [5, 5.41) is 5.10. The van der Waals surface area contributed by atoms with Gasteiger partial charge in [-0.1, -0.05) is 69.5 Å². The summed E-state index contributed by atoms with van der Waals surface area (Å²) in [5.41, 5.74) is 0.993. The Morgan fingerprint density at radius 2 is 1.68 bits per heavy atom. The Labute approximate surface area is 274 Å². The monoisotopic (exact) mass is 711 g/mol. The first kappa shape index (κ1) is 31.5. The van der Waals surface area contributed by atoms with Gasteiger partial charge in [0.2, 0.25) is 11.8 Å². The lowest BCUT2D eigenvalue weighted by Gasteiger charge is -2.16. The smallest absolute Gasteiger partial charge is 0.272 e. The standard InChI is InChI=1S/C32H21BrCl2FN3O4S/c33-19-10-8-18(9-11-19)14-27(38-30(41)23-6-1-2-7-26(23)36)31(42)37-20-4-3-5-22(15-20)44-28-17-29(40)39(32(28)43)21-12-13-24(34)25(35)16-21/h1-16,28H,17H2,(H,37,42)(H,38,41)/b27-14+/t28-/m1/s1. The van der Waals surface area contributed by atoms with E-state index in [0.717, 1.165) is 15.4 Å². The summed E-state index contributed by atoms with van der Waals surface area (Å²) in [6, 6.07) is 23.8. The predicted octanol–water partition coefficient (Wildman–Crippen LogP) is 7.73. The molecular weight excluding hydrogens is 692 g/mol. The van der Waals surface area contributed by atoms with E-state index < -0.39 is 28.8 Å². The highest BCUT2D eigenvalue weighted by Gasteiger charge is 2.40. The lowest BCUT2D eigenvalue weighted by Crippen LogP contribution is -2.31. The Balaban J connectivity index is 1.33. The first-order chi connectivity index (χ1) is 21.1. The Morgan fingerprint density at radius 1 is 0.932 bits per heavy atom. The number of halogens is 4. The fourth-order valence-electron chi connectivity index (χ4n) is 4.32. The summed E-state index contributed by atoms with van der Waals surface area (Å²) >= 11 is 16.6. The van der Waals surface area contributed by atoms with Crippen LogP contribution in [0.15, 0.2) is 106 Å². The van der Waals surface area contributed by atoms with Gasteiger partial charge in [0.15, 0.2) is 0 Å². The number of rotatable bonds is 8. The van der Waals surface area contributed by atoms with Gasteiger partial charge in [0.05, 0.1) is 26.5 Å². The minimum Gasteiger partial charge on any atom is -0.321 e. The second-order valence-electron chi connectivity index (χ2n) is 9.50. The molecule has 44 heavy (non-hydrogen) atoms. The van der Waals surface area contributed by atoms with Crippen LogP contribution in [-0.4, -0.2) is 28.9 Å². The number of hydrogen-bond donors (Lipinski definition) is 2. The van der Waals surface area contributed by atoms with Gasteiger partial charge in [0, 0.05) is 21.5 Å². The van der Waals surface area contributed by atoms with Crippen molar-refractivity contribution in [3.8, 4) is 0 Å². The van der Waals surface area contributed by atoms with Gasteiger partial charge in [-0.25, -0.2) is 9.29 Å². The van der Waals surface area contributed by atoms with Gasteiger partial charge in [0.25, 0.3) is 11.8 Å². The highest BCUT2D eigenvalue weighted by Crippen LogP contribution is 2.36. The first-order valence-corrected chi connectivity index (χ1v) is 15.4. The maximum Gasteiger partial charge on any atom is 0.272 e. The van der Waals surface area contributed by atoms with E-state index in [9.17, 15) is 23.6 Å². The Morgan fingerprint density at radius 3 is 2.41 bits per heavy atom. The summed E-state index contributed by atoms with van der Waals surface area (Å²) in [7, 11) is 0. The van der Waals surface area contributed by atoms with Gasteiger partial charge in [-0.15, -0.1) is 11.8 Å². The molecule has 2 N–H and O–H groups in total. The summed E-state index contributed by atoms with van der Waals surface area (Å²) < 4.78 is 15.1. The van der Waals surface area contributed by atoms with Crippen LogP contribution >= 0.6 is 50.9 Å². The first-order valence-electron chi connectivity index (χ1n) is 13.0. The van der Waals surface area contributed by atoms with Gasteiger partial charge < -0.3 is 10.6 Å². The number of anilines is 2. The van der Waals surface area contributed by atoms with E-state index in [2.05, 4.69) is 26.6 Å². The molecule has 7 nitrogen and oxygen atoms in total. The number of carbonyl (C=O) groups is 4. The van der Waals surface area contributed by atoms with E-state index in [1.54, 1.807) is 54.6 Å². The maximum atomic E-state index is 14.3. The van der Waals surface area contributed by atoms with E-state index in [-0.39, 0.29) is 28.6 Å². The largest absolute Gasteiger partial charge is 0.321 e. The lowest BCUT2D eigenvalue weighted by atomic mass is 10.1. The molecular formula is C32H21BrCl2FN3O4S. The third-order valence-electron chi connectivity index (χ3n) is 6.43. The van der Waals surface area contributed by atoms with Crippen LogP contribution in [0.4, 0.5) is 15.8 Å². The molecule has 12 heteroatoms. The molecule has 1 aliphatic heterocycles. The summed E-state index contributed by atoms with van der Waals surface area (Å²) in [6.45, 7) is 0. The number of nitrogens with zero attached hydrogens (tertiary/aromatic N) is 1. The van der Waals surface area contributed by atoms with Crippen molar-refractivity contribution in [3.63, 3.8) is 0 Å². The Bertz CT molecular complexity index is 1820. The van der Waals surface area contributed by atoms with E-state index >= 15 is 0 Å². The molecule has 1 heterocycles. The maximum absolute atomic E-state index is 14.3. The molecule has 0 unspecified atom stereocenters. The molecule has 0 radical (unpaired) electrons. The van der Waals surface area contributed by atoms with Crippen molar-refractivity contribution >= 4 is 92.0 Å². The van der Waals surface area contributed by atoms with E-state index in [4.69, 9.17) is 23.2 Å². The van der Waals surface area contributed by atoms with Crippen molar-refractivity contribution in [3.05, 3.63) is 128 Å². The molecule has 4 amide bonds. The van der Waals surface area contributed by atoms with Crippen molar-refractivity contribution < 1.29 is 23.6 Å². The topological polar surface area (TPSA) is 95.6 Å². The Hall–Kier alpha value is -3.96. The SMILES string of the molecule is O=C(Nc1cccc(S[C@@H]2CC(=O)N(c3ccc(Cl)c(Cl)c3)C2=O)c1)/C(=C\c1ccc(Br)cc1)NC(=O)c1ccccc1F. The molecule has 4 aromatic rings. The van der Waals surface area contributed by atoms with Crippen molar-refractivity contribution in [2.75, 3.05) is 10.2 Å². The number of amides is 4. The van der Waals surface area contributed by atoms with Crippen LogP contribution in [0.1, 0.15) is 22.3 Å². The zero-order valence-electron chi connectivity index (χ0n) is 22.5. The summed E-state index contributed by atoms with van der Waals surface area (Å²) in [6.07, 6.45) is 1.45. The van der Waals surface area contributed by atoms with Gasteiger partial charge in [-0.3, -0.25) is 19.2 Å². The molecule has 1 atom stereocenters. The average Bonchev–Trinajstić information content (AvgIpc) is 3.27. The molecule has 0 aliphatic carbocycles. The lowest BCUT2D eigenvalue weighted by molar-refractivity contribution is -0.121. The minimum absolute atomic E-state index is 0.0253. The minimum atomic E-state index is -0.790. The van der Waals surface area contributed by atoms with Crippen LogP contribution in [0.2, 0.25) is 10.0 Å². The normalized spacial score (nSPS) is 15.0. The number of carbonyl (C=O) groups excluding carboxylic acids is 4. The fraction of sp³-hybridized carbons (Fsp3) is 0.0625. The van der Waals surface area contributed by atoms with Gasteiger partial charge in [-0.05, 0) is 72.3 Å². The summed E-state index contributed by atoms with van der Waals surface area (Å²) in [5.74, 6) is -2.94. The van der Waals surface area contributed by atoms with Crippen LogP contribution in [0, 0.1) is 5.82 Å². The second-order valence-corrected chi connectivity index (χ2v) is 12.5. The van der Waals surface area contributed by atoms with Crippen LogP contribution in [0.3, 0.4) is 0 Å².